The minimum absolute atomic E-state index is 0.00407. The maximum absolute atomic E-state index is 10.2. The SMILES string of the molecule is O=[N+]([O-])c1ccc(O)c(Br)c1.O=[N+]([O-])c1ccc(O)cc1.O=[N+]([O-])c1cccc(Br)c1O. The van der Waals surface area contributed by atoms with E-state index >= 15 is 0 Å². The number of rotatable bonds is 3. The van der Waals surface area contributed by atoms with E-state index in [1.165, 1.54) is 60.7 Å². The topological polar surface area (TPSA) is 190 Å². The molecule has 32 heavy (non-hydrogen) atoms. The minimum atomic E-state index is -0.639. The van der Waals surface area contributed by atoms with Crippen LogP contribution in [0.25, 0.3) is 0 Å². The number of aromatic hydroxyl groups is 3. The summed E-state index contributed by atoms with van der Waals surface area (Å²) in [6.07, 6.45) is 0. The molecule has 0 unspecified atom stereocenters. The molecular formula is C18H13Br2N3O9. The lowest BCUT2D eigenvalue weighted by atomic mass is 10.3. The third-order valence-electron chi connectivity index (χ3n) is 3.36. The molecule has 0 fully saturated rings. The Morgan fingerprint density at radius 3 is 1.62 bits per heavy atom. The Kier molecular flexibility index (Phi) is 9.98. The van der Waals surface area contributed by atoms with Crippen LogP contribution in [0.3, 0.4) is 0 Å². The first kappa shape index (κ1) is 26.3. The molecule has 3 rings (SSSR count). The summed E-state index contributed by atoms with van der Waals surface area (Å²) in [6, 6.07) is 13.0. The fourth-order valence-electron chi connectivity index (χ4n) is 1.84. The van der Waals surface area contributed by atoms with Crippen molar-refractivity contribution in [3.63, 3.8) is 0 Å². The first-order chi connectivity index (χ1) is 14.9. The average Bonchev–Trinajstić information content (AvgIpc) is 2.73. The van der Waals surface area contributed by atoms with Crippen molar-refractivity contribution in [2.75, 3.05) is 0 Å². The van der Waals surface area contributed by atoms with Crippen molar-refractivity contribution < 1.29 is 30.1 Å². The molecule has 0 saturated carbocycles. The van der Waals surface area contributed by atoms with Gasteiger partial charge in [0.25, 0.3) is 11.4 Å². The fraction of sp³-hybridized carbons (Fsp3) is 0. The Hall–Kier alpha value is -3.78. The van der Waals surface area contributed by atoms with Gasteiger partial charge in [0.05, 0.1) is 23.7 Å². The molecular weight excluding hydrogens is 562 g/mol. The molecule has 12 nitrogen and oxygen atoms in total. The largest absolute Gasteiger partial charge is 0.508 e. The molecule has 0 atom stereocenters. The molecule has 0 spiro atoms. The zero-order valence-electron chi connectivity index (χ0n) is 15.7. The van der Waals surface area contributed by atoms with Crippen LogP contribution in [0.1, 0.15) is 0 Å². The van der Waals surface area contributed by atoms with Crippen LogP contribution in [0.2, 0.25) is 0 Å². The van der Waals surface area contributed by atoms with Crippen molar-refractivity contribution in [1.29, 1.82) is 0 Å². The number of halogens is 2. The highest BCUT2D eigenvalue weighted by Crippen LogP contribution is 2.32. The smallest absolute Gasteiger partial charge is 0.311 e. The second-order valence-electron chi connectivity index (χ2n) is 5.53. The van der Waals surface area contributed by atoms with Gasteiger partial charge < -0.3 is 15.3 Å². The monoisotopic (exact) mass is 573 g/mol. The number of hydrogen-bond donors (Lipinski definition) is 3. The van der Waals surface area contributed by atoms with Crippen LogP contribution in [0, 0.1) is 30.3 Å². The Morgan fingerprint density at radius 2 is 1.19 bits per heavy atom. The molecule has 0 heterocycles. The predicted octanol–water partition coefficient (Wildman–Crippen LogP) is 5.43. The van der Waals surface area contributed by atoms with Crippen LogP contribution in [-0.4, -0.2) is 30.1 Å². The van der Waals surface area contributed by atoms with Crippen LogP contribution >= 0.6 is 31.9 Å². The van der Waals surface area contributed by atoms with Crippen LogP contribution < -0.4 is 0 Å². The summed E-state index contributed by atoms with van der Waals surface area (Å²) in [4.78, 5) is 28.7. The maximum atomic E-state index is 10.2. The lowest BCUT2D eigenvalue weighted by molar-refractivity contribution is -0.386. The van der Waals surface area contributed by atoms with E-state index in [4.69, 9.17) is 15.3 Å². The number of non-ortho nitro benzene ring substituents is 2. The van der Waals surface area contributed by atoms with E-state index in [0.29, 0.717) is 8.95 Å². The van der Waals surface area contributed by atoms with Gasteiger partial charge in [0.1, 0.15) is 11.5 Å². The van der Waals surface area contributed by atoms with E-state index in [0.717, 1.165) is 0 Å². The van der Waals surface area contributed by atoms with Crippen LogP contribution in [0.4, 0.5) is 17.1 Å². The number of para-hydroxylation sites is 1. The average molecular weight is 575 g/mol. The molecule has 3 aromatic carbocycles. The predicted molar refractivity (Wildman–Crippen MR) is 120 cm³/mol. The van der Waals surface area contributed by atoms with Gasteiger partial charge in [-0.2, -0.15) is 0 Å². The van der Waals surface area contributed by atoms with E-state index in [2.05, 4.69) is 31.9 Å². The Morgan fingerprint density at radius 1 is 0.656 bits per heavy atom. The molecule has 14 heteroatoms. The van der Waals surface area contributed by atoms with Gasteiger partial charge in [-0.15, -0.1) is 0 Å². The number of hydrogen-bond acceptors (Lipinski definition) is 9. The molecule has 0 bridgehead atoms. The van der Waals surface area contributed by atoms with Gasteiger partial charge in [-0.05, 0) is 56.1 Å². The minimum Gasteiger partial charge on any atom is -0.508 e. The third-order valence-corrected chi connectivity index (χ3v) is 4.64. The van der Waals surface area contributed by atoms with Crippen molar-refractivity contribution in [2.45, 2.75) is 0 Å². The number of benzene rings is 3. The number of nitro benzene ring substituents is 3. The van der Waals surface area contributed by atoms with E-state index < -0.39 is 14.8 Å². The molecule has 0 saturated heterocycles. The van der Waals surface area contributed by atoms with E-state index in [9.17, 15) is 30.3 Å². The second kappa shape index (κ2) is 12.2. The Bertz CT molecular complexity index is 1130. The van der Waals surface area contributed by atoms with Crippen molar-refractivity contribution in [2.24, 2.45) is 0 Å². The zero-order valence-corrected chi connectivity index (χ0v) is 18.8. The van der Waals surface area contributed by atoms with Crippen molar-refractivity contribution in [3.8, 4) is 17.2 Å². The van der Waals surface area contributed by atoms with E-state index in [-0.39, 0.29) is 34.3 Å². The van der Waals surface area contributed by atoms with Gasteiger partial charge >= 0.3 is 5.69 Å². The zero-order chi connectivity index (χ0) is 24.4. The standard InChI is InChI=1S/2C6H4BrNO3.C6H5NO3/c7-5-3-4(8(10)11)1-2-6(5)9;7-4-2-1-3-5(6(4)9)8(10)11;8-6-3-1-5(2-4-6)7(9)10/h2*1-3,9H;1-4,8H. The summed E-state index contributed by atoms with van der Waals surface area (Å²) in [6.45, 7) is 0. The molecule has 0 aliphatic rings. The maximum Gasteiger partial charge on any atom is 0.311 e. The summed E-state index contributed by atoms with van der Waals surface area (Å²) in [7, 11) is 0. The normalized spacial score (nSPS) is 9.44. The first-order valence-corrected chi connectivity index (χ1v) is 9.70. The molecule has 0 radical (unpaired) electrons. The van der Waals surface area contributed by atoms with Crippen molar-refractivity contribution >= 4 is 48.9 Å². The highest BCUT2D eigenvalue weighted by atomic mass is 79.9. The lowest BCUT2D eigenvalue weighted by Gasteiger charge is -1.95. The summed E-state index contributed by atoms with van der Waals surface area (Å²) in [5.41, 5.74) is -0.355. The van der Waals surface area contributed by atoms with E-state index in [1.807, 2.05) is 0 Å². The second-order valence-corrected chi connectivity index (χ2v) is 7.24. The van der Waals surface area contributed by atoms with Gasteiger partial charge in [0.15, 0.2) is 0 Å². The number of nitro groups is 3. The summed E-state index contributed by atoms with van der Waals surface area (Å²) in [5.74, 6) is -0.307. The van der Waals surface area contributed by atoms with Crippen LogP contribution in [-0.2, 0) is 0 Å². The molecule has 0 aliphatic heterocycles. The lowest BCUT2D eigenvalue weighted by Crippen LogP contribution is -1.87. The molecule has 168 valence electrons. The molecule has 0 aromatic heterocycles. The van der Waals surface area contributed by atoms with Gasteiger partial charge in [-0.25, -0.2) is 0 Å². The quantitative estimate of drug-likeness (QED) is 0.270. The number of nitrogens with zero attached hydrogens (tertiary/aromatic N) is 3. The van der Waals surface area contributed by atoms with E-state index in [1.54, 1.807) is 0 Å². The van der Waals surface area contributed by atoms with Crippen LogP contribution in [0.15, 0.2) is 69.6 Å². The molecule has 0 aliphatic carbocycles. The van der Waals surface area contributed by atoms with Gasteiger partial charge in [-0.1, -0.05) is 6.07 Å². The third kappa shape index (κ3) is 8.16. The Balaban J connectivity index is 0.000000240. The van der Waals surface area contributed by atoms with Crippen LogP contribution in [0.5, 0.6) is 17.2 Å². The highest BCUT2D eigenvalue weighted by Gasteiger charge is 2.14. The van der Waals surface area contributed by atoms with Gasteiger partial charge in [0, 0.05) is 30.3 Å². The van der Waals surface area contributed by atoms with Crippen molar-refractivity contribution in [1.82, 2.24) is 0 Å². The first-order valence-electron chi connectivity index (χ1n) is 8.12. The summed E-state index contributed by atoms with van der Waals surface area (Å²) >= 11 is 5.92. The summed E-state index contributed by atoms with van der Waals surface area (Å²) < 4.78 is 0.651. The summed E-state index contributed by atoms with van der Waals surface area (Å²) in [5, 5.41) is 57.2. The highest BCUT2D eigenvalue weighted by molar-refractivity contribution is 9.10. The molecule has 3 aromatic rings. The van der Waals surface area contributed by atoms with Gasteiger partial charge in [0.2, 0.25) is 5.75 Å². The van der Waals surface area contributed by atoms with Gasteiger partial charge in [-0.3, -0.25) is 30.3 Å². The fourth-order valence-corrected chi connectivity index (χ4v) is 2.56. The van der Waals surface area contributed by atoms with Crippen molar-refractivity contribution in [3.05, 3.63) is 100.0 Å². The Labute approximate surface area is 196 Å². The number of phenolic OH excluding ortho intramolecular Hbond substituents is 3. The molecule has 0 amide bonds. The molecule has 3 N–H and O–H groups in total. The number of phenols is 3.